The highest BCUT2D eigenvalue weighted by atomic mass is 19.1. The van der Waals surface area contributed by atoms with Gasteiger partial charge in [-0.1, -0.05) is 30.3 Å². The largest absolute Gasteiger partial charge is 0.347 e. The number of anilines is 2. The Labute approximate surface area is 161 Å². The molecule has 1 heterocycles. The lowest BCUT2D eigenvalue weighted by Crippen LogP contribution is -2.25. The average molecular weight is 378 g/mol. The zero-order valence-corrected chi connectivity index (χ0v) is 15.5. The average Bonchev–Trinajstić information content (AvgIpc) is 2.67. The molecule has 142 valence electrons. The van der Waals surface area contributed by atoms with Gasteiger partial charge in [0.1, 0.15) is 11.5 Å². The zero-order valence-electron chi connectivity index (χ0n) is 15.5. The van der Waals surface area contributed by atoms with E-state index in [2.05, 4.69) is 20.6 Å². The summed E-state index contributed by atoms with van der Waals surface area (Å²) in [5.41, 5.74) is 2.34. The Morgan fingerprint density at radius 1 is 1.04 bits per heavy atom. The van der Waals surface area contributed by atoms with Crippen molar-refractivity contribution in [2.45, 2.75) is 20.4 Å². The molecule has 0 aliphatic heterocycles. The molecule has 0 spiro atoms. The summed E-state index contributed by atoms with van der Waals surface area (Å²) >= 11 is 0. The second-order valence-electron chi connectivity index (χ2n) is 6.25. The lowest BCUT2D eigenvalue weighted by molar-refractivity contribution is 0.0944. The summed E-state index contributed by atoms with van der Waals surface area (Å²) in [6.45, 7) is 3.28. The van der Waals surface area contributed by atoms with Gasteiger partial charge in [-0.05, 0) is 38.1 Å². The predicted octanol–water partition coefficient (Wildman–Crippen LogP) is 3.80. The van der Waals surface area contributed by atoms with Crippen LogP contribution in [0.2, 0.25) is 0 Å². The molecule has 0 atom stereocenters. The fraction of sp³-hybridized carbons (Fsp3) is 0.143. The van der Waals surface area contributed by atoms with Gasteiger partial charge in [0.2, 0.25) is 5.95 Å². The van der Waals surface area contributed by atoms with Gasteiger partial charge in [0.25, 0.3) is 5.91 Å². The van der Waals surface area contributed by atoms with E-state index in [1.165, 1.54) is 13.0 Å². The van der Waals surface area contributed by atoms with Crippen molar-refractivity contribution in [1.82, 2.24) is 15.3 Å². The molecule has 0 saturated heterocycles. The molecule has 3 rings (SSSR count). The number of carbonyl (C=O) groups excluding carboxylic acids is 2. The Balaban J connectivity index is 1.75. The summed E-state index contributed by atoms with van der Waals surface area (Å²) in [6, 6.07) is 14.7. The minimum Gasteiger partial charge on any atom is -0.347 e. The molecule has 28 heavy (non-hydrogen) atoms. The van der Waals surface area contributed by atoms with E-state index in [-0.39, 0.29) is 29.8 Å². The first-order chi connectivity index (χ1) is 13.4. The van der Waals surface area contributed by atoms with Crippen LogP contribution in [0.25, 0.3) is 0 Å². The molecule has 0 unspecified atom stereocenters. The quantitative estimate of drug-likeness (QED) is 0.638. The van der Waals surface area contributed by atoms with Crippen molar-refractivity contribution in [1.29, 1.82) is 0 Å². The molecule has 7 heteroatoms. The number of aryl methyl sites for hydroxylation is 1. The van der Waals surface area contributed by atoms with Gasteiger partial charge in [0, 0.05) is 29.1 Å². The SMILES string of the molecule is CC(=O)c1cccc(Nc2nc(C)cc(C(=O)NCc3ccccc3F)n2)c1. The number of amides is 1. The molecule has 1 amide bonds. The van der Waals surface area contributed by atoms with Gasteiger partial charge in [-0.2, -0.15) is 0 Å². The molecule has 2 N–H and O–H groups in total. The third kappa shape index (κ3) is 4.76. The highest BCUT2D eigenvalue weighted by molar-refractivity contribution is 5.95. The van der Waals surface area contributed by atoms with Crippen LogP contribution in [0.5, 0.6) is 0 Å². The van der Waals surface area contributed by atoms with E-state index in [9.17, 15) is 14.0 Å². The van der Waals surface area contributed by atoms with Gasteiger partial charge < -0.3 is 10.6 Å². The number of rotatable bonds is 6. The normalized spacial score (nSPS) is 10.4. The Morgan fingerprint density at radius 2 is 1.82 bits per heavy atom. The van der Waals surface area contributed by atoms with Crippen molar-refractivity contribution in [3.05, 3.63) is 82.9 Å². The van der Waals surface area contributed by atoms with Crippen molar-refractivity contribution in [2.75, 3.05) is 5.32 Å². The molecule has 1 aromatic heterocycles. The minimum atomic E-state index is -0.436. The first-order valence-corrected chi connectivity index (χ1v) is 8.67. The number of hydrogen-bond donors (Lipinski definition) is 2. The summed E-state index contributed by atoms with van der Waals surface area (Å²) in [5.74, 6) is -0.637. The first kappa shape index (κ1) is 19.2. The number of halogens is 1. The third-order valence-corrected chi connectivity index (χ3v) is 4.01. The number of nitrogens with zero attached hydrogens (tertiary/aromatic N) is 2. The number of ketones is 1. The topological polar surface area (TPSA) is 84.0 Å². The van der Waals surface area contributed by atoms with Crippen molar-refractivity contribution >= 4 is 23.3 Å². The van der Waals surface area contributed by atoms with E-state index in [1.807, 2.05) is 0 Å². The van der Waals surface area contributed by atoms with Crippen LogP contribution in [0.1, 0.15) is 39.0 Å². The molecule has 0 aliphatic carbocycles. The molecule has 3 aromatic rings. The molecule has 0 radical (unpaired) electrons. The van der Waals surface area contributed by atoms with E-state index in [1.54, 1.807) is 55.5 Å². The number of Topliss-reactive ketones (excluding diaryl/α,β-unsaturated/α-hetero) is 1. The summed E-state index contributed by atoms with van der Waals surface area (Å²) < 4.78 is 13.7. The summed E-state index contributed by atoms with van der Waals surface area (Å²) in [4.78, 5) is 32.5. The summed E-state index contributed by atoms with van der Waals surface area (Å²) in [7, 11) is 0. The number of carbonyl (C=O) groups is 2. The van der Waals surface area contributed by atoms with Crippen LogP contribution in [0.3, 0.4) is 0 Å². The Bertz CT molecular complexity index is 1040. The van der Waals surface area contributed by atoms with Crippen molar-refractivity contribution in [3.63, 3.8) is 0 Å². The highest BCUT2D eigenvalue weighted by Gasteiger charge is 2.12. The van der Waals surface area contributed by atoms with Gasteiger partial charge in [-0.15, -0.1) is 0 Å². The van der Waals surface area contributed by atoms with E-state index in [4.69, 9.17) is 0 Å². The smallest absolute Gasteiger partial charge is 0.270 e. The fourth-order valence-electron chi connectivity index (χ4n) is 2.59. The maximum atomic E-state index is 13.7. The van der Waals surface area contributed by atoms with E-state index in [0.29, 0.717) is 22.5 Å². The molecular weight excluding hydrogens is 359 g/mol. The van der Waals surface area contributed by atoms with Gasteiger partial charge in [-0.3, -0.25) is 9.59 Å². The molecule has 6 nitrogen and oxygen atoms in total. The molecule has 0 fully saturated rings. The molecule has 0 bridgehead atoms. The van der Waals surface area contributed by atoms with Crippen LogP contribution < -0.4 is 10.6 Å². The maximum Gasteiger partial charge on any atom is 0.270 e. The second kappa shape index (κ2) is 8.39. The number of hydrogen-bond acceptors (Lipinski definition) is 5. The van der Waals surface area contributed by atoms with E-state index >= 15 is 0 Å². The summed E-state index contributed by atoms with van der Waals surface area (Å²) in [6.07, 6.45) is 0. The second-order valence-corrected chi connectivity index (χ2v) is 6.25. The summed E-state index contributed by atoms with van der Waals surface area (Å²) in [5, 5.41) is 5.66. The molecule has 0 saturated carbocycles. The van der Waals surface area contributed by atoms with Crippen LogP contribution in [0, 0.1) is 12.7 Å². The van der Waals surface area contributed by atoms with Gasteiger partial charge in [-0.25, -0.2) is 14.4 Å². The standard InChI is InChI=1S/C21H19FN4O2/c1-13-10-19(20(28)23-12-16-6-3-4-9-18(16)22)26-21(24-13)25-17-8-5-7-15(11-17)14(2)27/h3-11H,12H2,1-2H3,(H,23,28)(H,24,25,26). The minimum absolute atomic E-state index is 0.0535. The third-order valence-electron chi connectivity index (χ3n) is 4.01. The van der Waals surface area contributed by atoms with Gasteiger partial charge in [0.15, 0.2) is 5.78 Å². The fourth-order valence-corrected chi connectivity index (χ4v) is 2.59. The molecular formula is C21H19FN4O2. The molecule has 2 aromatic carbocycles. The Kier molecular flexibility index (Phi) is 5.74. The number of benzene rings is 2. The maximum absolute atomic E-state index is 13.7. The lowest BCUT2D eigenvalue weighted by Gasteiger charge is -2.10. The predicted molar refractivity (Wildman–Crippen MR) is 104 cm³/mol. The van der Waals surface area contributed by atoms with Crippen LogP contribution >= 0.6 is 0 Å². The van der Waals surface area contributed by atoms with E-state index < -0.39 is 5.91 Å². The van der Waals surface area contributed by atoms with Crippen LogP contribution in [0.15, 0.2) is 54.6 Å². The van der Waals surface area contributed by atoms with Crippen molar-refractivity contribution in [3.8, 4) is 0 Å². The Morgan fingerprint density at radius 3 is 2.57 bits per heavy atom. The molecule has 0 aliphatic rings. The first-order valence-electron chi connectivity index (χ1n) is 8.67. The monoisotopic (exact) mass is 378 g/mol. The Hall–Kier alpha value is -3.61. The van der Waals surface area contributed by atoms with Gasteiger partial charge >= 0.3 is 0 Å². The van der Waals surface area contributed by atoms with E-state index in [0.717, 1.165) is 0 Å². The van der Waals surface area contributed by atoms with Crippen LogP contribution in [0.4, 0.5) is 16.0 Å². The van der Waals surface area contributed by atoms with Gasteiger partial charge in [0.05, 0.1) is 0 Å². The van der Waals surface area contributed by atoms with Crippen molar-refractivity contribution < 1.29 is 14.0 Å². The van der Waals surface area contributed by atoms with Crippen LogP contribution in [-0.2, 0) is 6.54 Å². The highest BCUT2D eigenvalue weighted by Crippen LogP contribution is 2.16. The van der Waals surface area contributed by atoms with Crippen molar-refractivity contribution in [2.24, 2.45) is 0 Å². The van der Waals surface area contributed by atoms with Crippen LogP contribution in [-0.4, -0.2) is 21.7 Å². The number of aromatic nitrogens is 2. The number of nitrogens with one attached hydrogen (secondary N) is 2. The lowest BCUT2D eigenvalue weighted by atomic mass is 10.1. The zero-order chi connectivity index (χ0) is 20.1.